The average molecular weight is 364 g/mol. The first-order valence-corrected chi connectivity index (χ1v) is 10.1. The van der Waals surface area contributed by atoms with Crippen molar-refractivity contribution in [2.45, 2.75) is 32.1 Å². The van der Waals surface area contributed by atoms with E-state index in [0.717, 1.165) is 24.2 Å². The van der Waals surface area contributed by atoms with E-state index in [2.05, 4.69) is 104 Å². The zero-order chi connectivity index (χ0) is 19.1. The summed E-state index contributed by atoms with van der Waals surface area (Å²) >= 11 is 0. The number of hydrogen-bond donors (Lipinski definition) is 1. The van der Waals surface area contributed by atoms with Crippen molar-refractivity contribution in [2.24, 2.45) is 0 Å². The molecule has 0 unspecified atom stereocenters. The Morgan fingerprint density at radius 3 is 2.29 bits per heavy atom. The fourth-order valence-corrected chi connectivity index (χ4v) is 4.62. The van der Waals surface area contributed by atoms with Gasteiger partial charge in [-0.25, -0.2) is 0 Å². The second-order valence-electron chi connectivity index (χ2n) is 8.29. The Bertz CT molecular complexity index is 1080. The van der Waals surface area contributed by atoms with Gasteiger partial charge < -0.3 is 5.32 Å². The summed E-state index contributed by atoms with van der Waals surface area (Å²) in [6, 6.07) is 26.0. The van der Waals surface area contributed by atoms with E-state index >= 15 is 0 Å². The Kier molecular flexibility index (Phi) is 3.98. The maximum atomic E-state index is 3.59. The van der Waals surface area contributed by atoms with Crippen molar-refractivity contribution in [3.8, 4) is 11.1 Å². The number of nitrogens with one attached hydrogen (secondary N) is 1. The SMILES string of the molecule is CC1(C)C2=C(CCC=C2)c2ccc(Nc3ccc(-c4ccccc4)cc3)cc21. The van der Waals surface area contributed by atoms with Gasteiger partial charge in [0, 0.05) is 16.8 Å². The van der Waals surface area contributed by atoms with Gasteiger partial charge in [-0.05, 0) is 70.5 Å². The maximum Gasteiger partial charge on any atom is 0.0387 e. The highest BCUT2D eigenvalue weighted by molar-refractivity contribution is 5.84. The Morgan fingerprint density at radius 1 is 0.786 bits per heavy atom. The highest BCUT2D eigenvalue weighted by Crippen LogP contribution is 2.50. The highest BCUT2D eigenvalue weighted by Gasteiger charge is 2.36. The molecule has 1 heteroatoms. The second kappa shape index (κ2) is 6.53. The third kappa shape index (κ3) is 2.79. The number of anilines is 2. The Balaban J connectivity index is 1.42. The van der Waals surface area contributed by atoms with Gasteiger partial charge in [0.05, 0.1) is 0 Å². The largest absolute Gasteiger partial charge is 0.356 e. The summed E-state index contributed by atoms with van der Waals surface area (Å²) < 4.78 is 0. The number of fused-ring (bicyclic) bond motifs is 2. The Labute approximate surface area is 167 Å². The van der Waals surface area contributed by atoms with E-state index in [-0.39, 0.29) is 5.41 Å². The van der Waals surface area contributed by atoms with Gasteiger partial charge in [-0.2, -0.15) is 0 Å². The summed E-state index contributed by atoms with van der Waals surface area (Å²) in [5.74, 6) is 0. The molecule has 0 aliphatic heterocycles. The van der Waals surface area contributed by atoms with Gasteiger partial charge >= 0.3 is 0 Å². The van der Waals surface area contributed by atoms with Gasteiger partial charge in [0.25, 0.3) is 0 Å². The molecule has 0 fully saturated rings. The standard InChI is InChI=1S/C27H25N/c1-27(2)25-11-7-6-10-23(25)24-17-16-22(18-26(24)27)28-21-14-12-20(13-15-21)19-8-4-3-5-9-19/h3-5,7-9,11-18,28H,6,10H2,1-2H3. The van der Waals surface area contributed by atoms with Crippen LogP contribution in [0.2, 0.25) is 0 Å². The molecule has 0 radical (unpaired) electrons. The molecule has 138 valence electrons. The minimum absolute atomic E-state index is 0.0798. The van der Waals surface area contributed by atoms with Crippen molar-refractivity contribution < 1.29 is 0 Å². The number of rotatable bonds is 3. The van der Waals surface area contributed by atoms with E-state index in [9.17, 15) is 0 Å². The smallest absolute Gasteiger partial charge is 0.0387 e. The first kappa shape index (κ1) is 17.1. The predicted molar refractivity (Wildman–Crippen MR) is 120 cm³/mol. The van der Waals surface area contributed by atoms with Crippen LogP contribution < -0.4 is 5.32 Å². The second-order valence-corrected chi connectivity index (χ2v) is 8.29. The highest BCUT2D eigenvalue weighted by atomic mass is 14.9. The van der Waals surface area contributed by atoms with E-state index in [1.54, 1.807) is 5.57 Å². The van der Waals surface area contributed by atoms with Crippen molar-refractivity contribution in [3.05, 3.63) is 102 Å². The van der Waals surface area contributed by atoms with E-state index < -0.39 is 0 Å². The monoisotopic (exact) mass is 363 g/mol. The van der Waals surface area contributed by atoms with Gasteiger partial charge in [-0.3, -0.25) is 0 Å². The number of allylic oxidation sites excluding steroid dienone is 4. The molecule has 0 amide bonds. The molecule has 1 nitrogen and oxygen atoms in total. The Morgan fingerprint density at radius 2 is 1.50 bits per heavy atom. The molecule has 28 heavy (non-hydrogen) atoms. The molecular formula is C27H25N. The van der Waals surface area contributed by atoms with Gasteiger partial charge in [-0.1, -0.05) is 74.5 Å². The zero-order valence-electron chi connectivity index (χ0n) is 16.5. The third-order valence-electron chi connectivity index (χ3n) is 6.14. The summed E-state index contributed by atoms with van der Waals surface area (Å²) in [6.07, 6.45) is 6.98. The molecule has 5 rings (SSSR count). The average Bonchev–Trinajstić information content (AvgIpc) is 2.97. The maximum absolute atomic E-state index is 3.59. The van der Waals surface area contributed by atoms with Crippen LogP contribution in [0, 0.1) is 0 Å². The van der Waals surface area contributed by atoms with Crippen LogP contribution in [0.25, 0.3) is 16.7 Å². The summed E-state index contributed by atoms with van der Waals surface area (Å²) in [4.78, 5) is 0. The number of hydrogen-bond acceptors (Lipinski definition) is 1. The molecule has 0 spiro atoms. The first-order chi connectivity index (χ1) is 13.6. The predicted octanol–water partition coefficient (Wildman–Crippen LogP) is 7.49. The van der Waals surface area contributed by atoms with Crippen LogP contribution in [0.4, 0.5) is 11.4 Å². The molecule has 2 aliphatic rings. The lowest BCUT2D eigenvalue weighted by molar-refractivity contribution is 0.651. The molecule has 2 aliphatic carbocycles. The van der Waals surface area contributed by atoms with Crippen LogP contribution in [0.15, 0.2) is 90.5 Å². The van der Waals surface area contributed by atoms with Gasteiger partial charge in [0.2, 0.25) is 0 Å². The number of benzene rings is 3. The molecular weight excluding hydrogens is 338 g/mol. The van der Waals surface area contributed by atoms with E-state index in [4.69, 9.17) is 0 Å². The minimum Gasteiger partial charge on any atom is -0.356 e. The summed E-state index contributed by atoms with van der Waals surface area (Å²) in [5, 5.41) is 3.59. The lowest BCUT2D eigenvalue weighted by Gasteiger charge is -2.24. The fraction of sp³-hybridized carbons (Fsp3) is 0.185. The quantitative estimate of drug-likeness (QED) is 0.508. The van der Waals surface area contributed by atoms with Crippen molar-refractivity contribution in [1.82, 2.24) is 0 Å². The molecule has 0 saturated heterocycles. The van der Waals surface area contributed by atoms with Crippen LogP contribution in [-0.2, 0) is 5.41 Å². The first-order valence-electron chi connectivity index (χ1n) is 10.1. The molecule has 3 aromatic carbocycles. The summed E-state index contributed by atoms with van der Waals surface area (Å²) in [5.41, 5.74) is 10.8. The van der Waals surface area contributed by atoms with E-state index in [1.165, 1.54) is 27.8 Å². The van der Waals surface area contributed by atoms with E-state index in [1.807, 2.05) is 0 Å². The van der Waals surface area contributed by atoms with Crippen LogP contribution in [0.1, 0.15) is 37.8 Å². The van der Waals surface area contributed by atoms with Crippen LogP contribution in [0.5, 0.6) is 0 Å². The van der Waals surface area contributed by atoms with E-state index in [0.29, 0.717) is 0 Å². The molecule has 0 aromatic heterocycles. The van der Waals surface area contributed by atoms with Crippen LogP contribution in [-0.4, -0.2) is 0 Å². The van der Waals surface area contributed by atoms with Gasteiger partial charge in [0.15, 0.2) is 0 Å². The molecule has 0 heterocycles. The minimum atomic E-state index is 0.0798. The molecule has 1 N–H and O–H groups in total. The molecule has 3 aromatic rings. The van der Waals surface area contributed by atoms with Crippen LogP contribution >= 0.6 is 0 Å². The van der Waals surface area contributed by atoms with Crippen molar-refractivity contribution in [3.63, 3.8) is 0 Å². The lowest BCUT2D eigenvalue weighted by Crippen LogP contribution is -2.16. The van der Waals surface area contributed by atoms with Crippen molar-refractivity contribution in [1.29, 1.82) is 0 Å². The van der Waals surface area contributed by atoms with Crippen molar-refractivity contribution in [2.75, 3.05) is 5.32 Å². The van der Waals surface area contributed by atoms with Crippen LogP contribution in [0.3, 0.4) is 0 Å². The van der Waals surface area contributed by atoms with Crippen molar-refractivity contribution >= 4 is 16.9 Å². The molecule has 0 bridgehead atoms. The normalized spacial score (nSPS) is 16.6. The topological polar surface area (TPSA) is 12.0 Å². The summed E-state index contributed by atoms with van der Waals surface area (Å²) in [7, 11) is 0. The fourth-order valence-electron chi connectivity index (χ4n) is 4.62. The third-order valence-corrected chi connectivity index (χ3v) is 6.14. The Hall–Kier alpha value is -3.06. The van der Waals surface area contributed by atoms with Gasteiger partial charge in [0.1, 0.15) is 0 Å². The molecule has 0 atom stereocenters. The molecule has 0 saturated carbocycles. The lowest BCUT2D eigenvalue weighted by atomic mass is 9.80. The van der Waals surface area contributed by atoms with Gasteiger partial charge in [-0.15, -0.1) is 0 Å². The summed E-state index contributed by atoms with van der Waals surface area (Å²) in [6.45, 7) is 4.70. The zero-order valence-corrected chi connectivity index (χ0v) is 16.5.